The number of nitrogens with two attached hydrogens (primary N) is 1. The van der Waals surface area contributed by atoms with Gasteiger partial charge in [0.2, 0.25) is 11.9 Å². The quantitative estimate of drug-likeness (QED) is 0.583. The number of carbonyl (C=O) groups is 2. The van der Waals surface area contributed by atoms with E-state index in [1.807, 2.05) is 6.26 Å². The largest absolute Gasteiger partial charge is 0.462 e. The number of thioether (sulfide) groups is 1. The minimum atomic E-state index is -0.448. The summed E-state index contributed by atoms with van der Waals surface area (Å²) in [6.07, 6.45) is 1.81. The lowest BCUT2D eigenvalue weighted by Gasteiger charge is -2.06. The number of aryl methyl sites for hydroxylation is 1. The number of esters is 1. The molecular weight excluding hydrogens is 340 g/mol. The molecule has 2 heterocycles. The molecule has 0 unspecified atom stereocenters. The topological polar surface area (TPSA) is 125 Å². The van der Waals surface area contributed by atoms with Crippen molar-refractivity contribution in [3.63, 3.8) is 0 Å². The second-order valence-corrected chi connectivity index (χ2v) is 6.11. The van der Waals surface area contributed by atoms with E-state index in [-0.39, 0.29) is 25.0 Å². The fourth-order valence-electron chi connectivity index (χ4n) is 1.74. The van der Waals surface area contributed by atoms with Crippen LogP contribution in [-0.4, -0.2) is 44.5 Å². The van der Waals surface area contributed by atoms with Crippen LogP contribution in [-0.2, 0) is 16.1 Å². The van der Waals surface area contributed by atoms with Gasteiger partial charge in [0.1, 0.15) is 11.4 Å². The van der Waals surface area contributed by atoms with Crippen molar-refractivity contribution >= 4 is 46.1 Å². The van der Waals surface area contributed by atoms with Crippen LogP contribution in [0.4, 0.5) is 11.1 Å². The minimum absolute atomic E-state index is 0.0393. The summed E-state index contributed by atoms with van der Waals surface area (Å²) in [6, 6.07) is 0. The van der Waals surface area contributed by atoms with Crippen molar-refractivity contribution in [3.05, 3.63) is 10.6 Å². The monoisotopic (exact) mass is 356 g/mol. The van der Waals surface area contributed by atoms with Crippen LogP contribution >= 0.6 is 23.1 Å². The normalized spacial score (nSPS) is 10.6. The molecule has 3 N–H and O–H groups in total. The Bertz CT molecular complexity index is 726. The smallest absolute Gasteiger partial charge is 0.350 e. The van der Waals surface area contributed by atoms with Gasteiger partial charge in [-0.05, 0) is 20.1 Å². The molecule has 11 heteroatoms. The number of thiazole rings is 1. The number of rotatable bonds is 6. The number of carbonyl (C=O) groups excluding carboxylic acids is 2. The molecule has 0 spiro atoms. The molecule has 0 aliphatic heterocycles. The number of amides is 1. The van der Waals surface area contributed by atoms with Gasteiger partial charge in [-0.3, -0.25) is 9.36 Å². The lowest BCUT2D eigenvalue weighted by molar-refractivity contribution is -0.116. The third kappa shape index (κ3) is 3.99. The van der Waals surface area contributed by atoms with Gasteiger partial charge >= 0.3 is 5.97 Å². The summed E-state index contributed by atoms with van der Waals surface area (Å²) in [5.74, 6) is -0.626. The van der Waals surface area contributed by atoms with E-state index < -0.39 is 5.97 Å². The Labute approximate surface area is 140 Å². The summed E-state index contributed by atoms with van der Waals surface area (Å²) < 4.78 is 6.43. The molecule has 0 aliphatic rings. The predicted molar refractivity (Wildman–Crippen MR) is 87.7 cm³/mol. The maximum atomic E-state index is 12.1. The van der Waals surface area contributed by atoms with Crippen LogP contribution in [0.3, 0.4) is 0 Å². The first kappa shape index (κ1) is 17.2. The number of aromatic nitrogens is 4. The maximum absolute atomic E-state index is 12.1. The number of hydrogen-bond donors (Lipinski definition) is 2. The molecule has 124 valence electrons. The van der Waals surface area contributed by atoms with Crippen LogP contribution in [0.2, 0.25) is 0 Å². The lowest BCUT2D eigenvalue weighted by Crippen LogP contribution is -2.20. The van der Waals surface area contributed by atoms with Gasteiger partial charge in [0.05, 0.1) is 12.3 Å². The predicted octanol–water partition coefficient (Wildman–Crippen LogP) is 1.16. The summed E-state index contributed by atoms with van der Waals surface area (Å²) in [6.45, 7) is 3.65. The van der Waals surface area contributed by atoms with Crippen molar-refractivity contribution in [3.8, 4) is 0 Å². The van der Waals surface area contributed by atoms with E-state index in [0.717, 1.165) is 11.3 Å². The zero-order valence-corrected chi connectivity index (χ0v) is 14.5. The third-order valence-electron chi connectivity index (χ3n) is 2.73. The Morgan fingerprint density at radius 1 is 1.43 bits per heavy atom. The van der Waals surface area contributed by atoms with E-state index in [0.29, 0.717) is 20.9 Å². The average molecular weight is 356 g/mol. The van der Waals surface area contributed by atoms with Crippen LogP contribution < -0.4 is 11.1 Å². The lowest BCUT2D eigenvalue weighted by atomic mass is 10.4. The van der Waals surface area contributed by atoms with Gasteiger partial charge in [-0.2, -0.15) is 0 Å². The molecule has 9 nitrogen and oxygen atoms in total. The van der Waals surface area contributed by atoms with E-state index in [1.54, 1.807) is 13.8 Å². The SMILES string of the molecule is CCOC(=O)c1sc(NC(=O)Cn2c(N)nnc2SC)nc1C. The molecule has 1 amide bonds. The van der Waals surface area contributed by atoms with Gasteiger partial charge in [0.15, 0.2) is 10.3 Å². The highest BCUT2D eigenvalue weighted by Gasteiger charge is 2.18. The van der Waals surface area contributed by atoms with Crippen molar-refractivity contribution in [1.29, 1.82) is 0 Å². The van der Waals surface area contributed by atoms with Crippen LogP contribution in [0.5, 0.6) is 0 Å². The van der Waals surface area contributed by atoms with E-state index in [2.05, 4.69) is 20.5 Å². The molecule has 0 saturated carbocycles. The van der Waals surface area contributed by atoms with Gasteiger partial charge in [0, 0.05) is 0 Å². The molecule has 0 aromatic carbocycles. The zero-order valence-electron chi connectivity index (χ0n) is 12.8. The van der Waals surface area contributed by atoms with Crippen LogP contribution in [0, 0.1) is 6.92 Å². The summed E-state index contributed by atoms with van der Waals surface area (Å²) in [7, 11) is 0. The second kappa shape index (κ2) is 7.42. The minimum Gasteiger partial charge on any atom is -0.462 e. The summed E-state index contributed by atoms with van der Waals surface area (Å²) in [5.41, 5.74) is 6.19. The first-order chi connectivity index (χ1) is 11.0. The molecule has 2 aromatic rings. The molecule has 0 aliphatic carbocycles. The van der Waals surface area contributed by atoms with Gasteiger partial charge in [-0.25, -0.2) is 9.78 Å². The van der Waals surface area contributed by atoms with E-state index in [9.17, 15) is 9.59 Å². The fourth-order valence-corrected chi connectivity index (χ4v) is 3.12. The van der Waals surface area contributed by atoms with Gasteiger partial charge in [-0.15, -0.1) is 10.2 Å². The Kier molecular flexibility index (Phi) is 5.55. The van der Waals surface area contributed by atoms with E-state index >= 15 is 0 Å². The number of nitrogen functional groups attached to an aromatic ring is 1. The Balaban J connectivity index is 2.07. The van der Waals surface area contributed by atoms with E-state index in [4.69, 9.17) is 10.5 Å². The average Bonchev–Trinajstić information content (AvgIpc) is 3.03. The number of anilines is 2. The number of nitrogens with zero attached hydrogens (tertiary/aromatic N) is 4. The van der Waals surface area contributed by atoms with E-state index in [1.165, 1.54) is 16.3 Å². The van der Waals surface area contributed by atoms with Crippen molar-refractivity contribution in [2.24, 2.45) is 0 Å². The van der Waals surface area contributed by atoms with Crippen molar-refractivity contribution in [1.82, 2.24) is 19.7 Å². The second-order valence-electron chi connectivity index (χ2n) is 4.33. The number of hydrogen-bond acceptors (Lipinski definition) is 9. The molecule has 0 saturated heterocycles. The standard InChI is InChI=1S/C12H16N6O3S2/c1-4-21-9(20)8-6(2)14-11(23-8)15-7(19)5-18-10(13)16-17-12(18)22-3/h4-5H2,1-3H3,(H2,13,16)(H,14,15,19). The number of ether oxygens (including phenoxy) is 1. The van der Waals surface area contributed by atoms with Crippen LogP contribution in [0.1, 0.15) is 22.3 Å². The summed E-state index contributed by atoms with van der Waals surface area (Å²) in [4.78, 5) is 28.4. The molecule has 2 aromatic heterocycles. The molecule has 0 bridgehead atoms. The molecule has 0 radical (unpaired) electrons. The maximum Gasteiger partial charge on any atom is 0.350 e. The van der Waals surface area contributed by atoms with Gasteiger partial charge in [-0.1, -0.05) is 23.1 Å². The highest BCUT2D eigenvalue weighted by molar-refractivity contribution is 7.98. The van der Waals surface area contributed by atoms with Crippen molar-refractivity contribution < 1.29 is 14.3 Å². The molecule has 0 atom stereocenters. The Morgan fingerprint density at radius 3 is 2.83 bits per heavy atom. The van der Waals surface area contributed by atoms with Crippen LogP contribution in [0.25, 0.3) is 0 Å². The van der Waals surface area contributed by atoms with Crippen molar-refractivity contribution in [2.45, 2.75) is 25.5 Å². The van der Waals surface area contributed by atoms with Gasteiger partial charge in [0.25, 0.3) is 0 Å². The Hall–Kier alpha value is -2.14. The summed E-state index contributed by atoms with van der Waals surface area (Å²) >= 11 is 2.40. The first-order valence-corrected chi connectivity index (χ1v) is 8.67. The summed E-state index contributed by atoms with van der Waals surface area (Å²) in [5, 5.41) is 11.1. The zero-order chi connectivity index (χ0) is 17.0. The first-order valence-electron chi connectivity index (χ1n) is 6.63. The fraction of sp³-hybridized carbons (Fsp3) is 0.417. The highest BCUT2D eigenvalue weighted by Crippen LogP contribution is 2.23. The van der Waals surface area contributed by atoms with Gasteiger partial charge < -0.3 is 15.8 Å². The molecule has 23 heavy (non-hydrogen) atoms. The highest BCUT2D eigenvalue weighted by atomic mass is 32.2. The van der Waals surface area contributed by atoms with Crippen molar-refractivity contribution in [2.75, 3.05) is 23.9 Å². The molecule has 0 fully saturated rings. The van der Waals surface area contributed by atoms with Crippen LogP contribution in [0.15, 0.2) is 5.16 Å². The Morgan fingerprint density at radius 2 is 2.17 bits per heavy atom. The third-order valence-corrected chi connectivity index (χ3v) is 4.45. The molecule has 2 rings (SSSR count). The molecular formula is C12H16N6O3S2. The number of nitrogens with one attached hydrogen (secondary N) is 1.